The molecule has 5 heteroatoms. The molecular formula is C24H28N2O3. The third-order valence-electron chi connectivity index (χ3n) is 6.17. The van der Waals surface area contributed by atoms with E-state index in [0.29, 0.717) is 19.7 Å². The molecule has 2 aliphatic heterocycles. The van der Waals surface area contributed by atoms with E-state index >= 15 is 0 Å². The molecule has 0 radical (unpaired) electrons. The van der Waals surface area contributed by atoms with Crippen LogP contribution in [0.2, 0.25) is 0 Å². The Morgan fingerprint density at radius 2 is 1.86 bits per heavy atom. The highest BCUT2D eigenvalue weighted by Crippen LogP contribution is 2.28. The van der Waals surface area contributed by atoms with Gasteiger partial charge in [0.1, 0.15) is 0 Å². The van der Waals surface area contributed by atoms with Crippen molar-refractivity contribution in [1.82, 2.24) is 4.90 Å². The Kier molecular flexibility index (Phi) is 5.41. The molecule has 0 aromatic heterocycles. The smallest absolute Gasteiger partial charge is 0.227 e. The normalized spacial score (nSPS) is 21.2. The quantitative estimate of drug-likeness (QED) is 0.803. The van der Waals surface area contributed by atoms with Crippen molar-refractivity contribution >= 4 is 17.5 Å². The topological polar surface area (TPSA) is 49.9 Å². The number of nitrogens with zero attached hydrogens (tertiary/aromatic N) is 2. The summed E-state index contributed by atoms with van der Waals surface area (Å²) in [6.45, 7) is 5.67. The molecule has 4 rings (SSSR count). The summed E-state index contributed by atoms with van der Waals surface area (Å²) in [5.41, 5.74) is 5.74. The van der Waals surface area contributed by atoms with Crippen LogP contribution < -0.4 is 4.90 Å². The Morgan fingerprint density at radius 3 is 2.62 bits per heavy atom. The van der Waals surface area contributed by atoms with Crippen molar-refractivity contribution in [3.05, 3.63) is 64.7 Å². The summed E-state index contributed by atoms with van der Waals surface area (Å²) < 4.78 is 5.95. The van der Waals surface area contributed by atoms with Gasteiger partial charge in [-0.1, -0.05) is 30.3 Å². The molecule has 0 spiro atoms. The van der Waals surface area contributed by atoms with Gasteiger partial charge >= 0.3 is 0 Å². The number of amides is 2. The zero-order valence-electron chi connectivity index (χ0n) is 17.4. The van der Waals surface area contributed by atoms with Crippen molar-refractivity contribution in [3.63, 3.8) is 0 Å². The highest BCUT2D eigenvalue weighted by Gasteiger charge is 2.37. The highest BCUT2D eigenvalue weighted by molar-refractivity contribution is 6.00. The van der Waals surface area contributed by atoms with E-state index in [1.54, 1.807) is 9.80 Å². The average Bonchev–Trinajstić information content (AvgIpc) is 3.11. The van der Waals surface area contributed by atoms with Gasteiger partial charge in [0.15, 0.2) is 0 Å². The van der Waals surface area contributed by atoms with Crippen LogP contribution in [-0.4, -0.2) is 43.0 Å². The molecule has 2 aliphatic rings. The van der Waals surface area contributed by atoms with E-state index in [2.05, 4.69) is 19.1 Å². The lowest BCUT2D eigenvalue weighted by atomic mass is 9.98. The van der Waals surface area contributed by atoms with E-state index in [1.165, 1.54) is 16.7 Å². The standard InChI is InChI=1S/C24H28N2O3/c1-16-8-9-21(10-17(16)2)26-13-20(12-23(26)27)24(28)25(3)14-22-11-18-6-4-5-7-19(18)15-29-22/h4-10,20,22H,11-15H2,1-3H3. The van der Waals surface area contributed by atoms with Gasteiger partial charge in [-0.25, -0.2) is 0 Å². The molecule has 1 saturated heterocycles. The second kappa shape index (κ2) is 7.99. The minimum atomic E-state index is -0.301. The van der Waals surface area contributed by atoms with Gasteiger partial charge in [-0.3, -0.25) is 9.59 Å². The molecule has 2 heterocycles. The van der Waals surface area contributed by atoms with Gasteiger partial charge in [0.2, 0.25) is 11.8 Å². The summed E-state index contributed by atoms with van der Waals surface area (Å²) in [5, 5.41) is 0. The summed E-state index contributed by atoms with van der Waals surface area (Å²) in [5.74, 6) is -0.264. The third-order valence-corrected chi connectivity index (χ3v) is 6.17. The maximum absolute atomic E-state index is 13.0. The van der Waals surface area contributed by atoms with Gasteiger partial charge in [0.05, 0.1) is 18.6 Å². The van der Waals surface area contributed by atoms with Gasteiger partial charge in [-0.05, 0) is 48.2 Å². The Balaban J connectivity index is 1.38. The number of hydrogen-bond acceptors (Lipinski definition) is 3. The second-order valence-corrected chi connectivity index (χ2v) is 8.30. The van der Waals surface area contributed by atoms with Crippen LogP contribution in [0.1, 0.15) is 28.7 Å². The molecule has 2 unspecified atom stereocenters. The number of aryl methyl sites for hydroxylation is 2. The number of fused-ring (bicyclic) bond motifs is 1. The minimum Gasteiger partial charge on any atom is -0.371 e. The zero-order valence-corrected chi connectivity index (χ0v) is 17.4. The summed E-state index contributed by atoms with van der Waals surface area (Å²) in [7, 11) is 1.81. The monoisotopic (exact) mass is 392 g/mol. The van der Waals surface area contributed by atoms with E-state index in [1.807, 2.05) is 44.3 Å². The summed E-state index contributed by atoms with van der Waals surface area (Å²) >= 11 is 0. The number of rotatable bonds is 4. The lowest BCUT2D eigenvalue weighted by molar-refractivity contribution is -0.136. The van der Waals surface area contributed by atoms with Crippen LogP contribution in [0.3, 0.4) is 0 Å². The van der Waals surface area contributed by atoms with Crippen LogP contribution in [0.15, 0.2) is 42.5 Å². The molecule has 5 nitrogen and oxygen atoms in total. The van der Waals surface area contributed by atoms with Crippen molar-refractivity contribution < 1.29 is 14.3 Å². The lowest BCUT2D eigenvalue weighted by Gasteiger charge is -2.30. The SMILES string of the molecule is Cc1ccc(N2CC(C(=O)N(C)CC3Cc4ccccc4CO3)CC2=O)cc1C. The summed E-state index contributed by atoms with van der Waals surface area (Å²) in [6, 6.07) is 14.3. The third kappa shape index (κ3) is 4.06. The van der Waals surface area contributed by atoms with E-state index in [-0.39, 0.29) is 30.3 Å². The molecule has 2 amide bonds. The van der Waals surface area contributed by atoms with Crippen molar-refractivity contribution in [3.8, 4) is 0 Å². The molecule has 2 aromatic carbocycles. The Labute approximate surface area is 172 Å². The average molecular weight is 392 g/mol. The molecule has 0 aliphatic carbocycles. The van der Waals surface area contributed by atoms with E-state index in [0.717, 1.165) is 17.7 Å². The summed E-state index contributed by atoms with van der Waals surface area (Å²) in [6.07, 6.45) is 1.07. The molecule has 0 N–H and O–H groups in total. The minimum absolute atomic E-state index is 0.00759. The highest BCUT2D eigenvalue weighted by atomic mass is 16.5. The van der Waals surface area contributed by atoms with Crippen molar-refractivity contribution in [1.29, 1.82) is 0 Å². The first kappa shape index (κ1) is 19.6. The number of likely N-dealkylation sites (N-methyl/N-ethyl adjacent to an activating group) is 1. The van der Waals surface area contributed by atoms with Gasteiger partial charge in [-0.2, -0.15) is 0 Å². The van der Waals surface area contributed by atoms with Crippen LogP contribution in [0.25, 0.3) is 0 Å². The predicted molar refractivity (Wildman–Crippen MR) is 113 cm³/mol. The van der Waals surface area contributed by atoms with E-state index < -0.39 is 0 Å². The number of carbonyl (C=O) groups is 2. The van der Waals surface area contributed by atoms with Gasteiger partial charge in [0, 0.05) is 38.7 Å². The largest absolute Gasteiger partial charge is 0.371 e. The maximum atomic E-state index is 13.0. The van der Waals surface area contributed by atoms with Gasteiger partial charge in [0.25, 0.3) is 0 Å². The summed E-state index contributed by atoms with van der Waals surface area (Å²) in [4.78, 5) is 29.0. The fourth-order valence-corrected chi connectivity index (χ4v) is 4.25. The van der Waals surface area contributed by atoms with Crippen LogP contribution in [0.4, 0.5) is 5.69 Å². The van der Waals surface area contributed by atoms with E-state index in [9.17, 15) is 9.59 Å². The number of carbonyl (C=O) groups excluding carboxylic acids is 2. The lowest BCUT2D eigenvalue weighted by Crippen LogP contribution is -2.41. The van der Waals surface area contributed by atoms with Crippen molar-refractivity contribution in [2.24, 2.45) is 5.92 Å². The number of anilines is 1. The first-order valence-electron chi connectivity index (χ1n) is 10.2. The fraction of sp³-hybridized carbons (Fsp3) is 0.417. The Morgan fingerprint density at radius 1 is 1.10 bits per heavy atom. The van der Waals surface area contributed by atoms with Crippen LogP contribution in [0.5, 0.6) is 0 Å². The van der Waals surface area contributed by atoms with Crippen molar-refractivity contribution in [2.45, 2.75) is 39.4 Å². The first-order chi connectivity index (χ1) is 13.9. The first-order valence-corrected chi connectivity index (χ1v) is 10.2. The molecule has 152 valence electrons. The number of ether oxygens (including phenoxy) is 1. The molecule has 2 aromatic rings. The molecular weight excluding hydrogens is 364 g/mol. The molecule has 2 atom stereocenters. The van der Waals surface area contributed by atoms with Gasteiger partial charge < -0.3 is 14.5 Å². The fourth-order valence-electron chi connectivity index (χ4n) is 4.25. The Bertz CT molecular complexity index is 939. The molecule has 1 fully saturated rings. The number of hydrogen-bond donors (Lipinski definition) is 0. The van der Waals surface area contributed by atoms with Crippen LogP contribution >= 0.6 is 0 Å². The Hall–Kier alpha value is -2.66. The molecule has 0 bridgehead atoms. The predicted octanol–water partition coefficient (Wildman–Crippen LogP) is 3.26. The number of benzene rings is 2. The van der Waals surface area contributed by atoms with Gasteiger partial charge in [-0.15, -0.1) is 0 Å². The second-order valence-electron chi connectivity index (χ2n) is 8.30. The zero-order chi connectivity index (χ0) is 20.5. The van der Waals surface area contributed by atoms with E-state index in [4.69, 9.17) is 4.74 Å². The van der Waals surface area contributed by atoms with Crippen LogP contribution in [0, 0.1) is 19.8 Å². The molecule has 0 saturated carbocycles. The molecule has 29 heavy (non-hydrogen) atoms. The van der Waals surface area contributed by atoms with Crippen molar-refractivity contribution in [2.75, 3.05) is 25.0 Å². The van der Waals surface area contributed by atoms with Crippen LogP contribution in [-0.2, 0) is 27.4 Å². The maximum Gasteiger partial charge on any atom is 0.227 e.